The molecular formula is C21H16O9. The molecule has 9 heteroatoms. The molecule has 0 saturated heterocycles. The van der Waals surface area contributed by atoms with Crippen molar-refractivity contribution in [1.29, 1.82) is 0 Å². The number of carbonyl (C=O) groups excluding carboxylic acids is 1. The molecule has 0 atom stereocenters. The second kappa shape index (κ2) is 8.31. The van der Waals surface area contributed by atoms with Crippen LogP contribution in [0.3, 0.4) is 0 Å². The van der Waals surface area contributed by atoms with Crippen molar-refractivity contribution >= 4 is 11.9 Å². The molecule has 0 spiro atoms. The van der Waals surface area contributed by atoms with Crippen molar-refractivity contribution in [2.45, 2.75) is 6.61 Å². The summed E-state index contributed by atoms with van der Waals surface area (Å²) < 4.78 is 10.4. The average Bonchev–Trinajstić information content (AvgIpc) is 2.72. The molecule has 3 aromatic carbocycles. The zero-order valence-electron chi connectivity index (χ0n) is 15.3. The molecule has 30 heavy (non-hydrogen) atoms. The number of esters is 1. The molecule has 154 valence electrons. The number of carboxylic acids is 1. The minimum Gasteiger partial charge on any atom is -0.504 e. The van der Waals surface area contributed by atoms with Crippen molar-refractivity contribution in [3.8, 4) is 34.5 Å². The number of phenolic OH excluding ortho intramolecular Hbond substituents is 4. The van der Waals surface area contributed by atoms with Crippen molar-refractivity contribution < 1.29 is 44.6 Å². The van der Waals surface area contributed by atoms with Gasteiger partial charge >= 0.3 is 11.9 Å². The molecule has 0 bridgehead atoms. The lowest BCUT2D eigenvalue weighted by Gasteiger charge is -2.12. The fraction of sp³-hybridized carbons (Fsp3) is 0.0476. The second-order valence-electron chi connectivity index (χ2n) is 6.15. The number of hydrogen-bond donors (Lipinski definition) is 5. The molecular weight excluding hydrogens is 396 g/mol. The number of hydrogen-bond acceptors (Lipinski definition) is 8. The zero-order chi connectivity index (χ0) is 21.8. The monoisotopic (exact) mass is 412 g/mol. The minimum atomic E-state index is -1.42. The third kappa shape index (κ3) is 4.36. The highest BCUT2D eigenvalue weighted by molar-refractivity contribution is 5.94. The van der Waals surface area contributed by atoms with Crippen molar-refractivity contribution in [3.05, 3.63) is 71.3 Å². The summed E-state index contributed by atoms with van der Waals surface area (Å²) >= 11 is 0. The third-order valence-corrected chi connectivity index (χ3v) is 4.03. The minimum absolute atomic E-state index is 0.0433. The highest BCUT2D eigenvalue weighted by atomic mass is 16.5. The maximum Gasteiger partial charge on any atom is 0.343 e. The summed E-state index contributed by atoms with van der Waals surface area (Å²) in [6.45, 7) is 0.0433. The highest BCUT2D eigenvalue weighted by Crippen LogP contribution is 2.39. The van der Waals surface area contributed by atoms with Gasteiger partial charge in [-0.2, -0.15) is 0 Å². The average molecular weight is 412 g/mol. The molecule has 0 saturated carbocycles. The lowest BCUT2D eigenvalue weighted by molar-refractivity contribution is 0.0685. The van der Waals surface area contributed by atoms with Crippen LogP contribution in [0.1, 0.15) is 26.3 Å². The number of carboxylic acid groups (broad SMARTS) is 1. The lowest BCUT2D eigenvalue weighted by Crippen LogP contribution is -2.10. The van der Waals surface area contributed by atoms with Crippen LogP contribution in [0.4, 0.5) is 0 Å². The first kappa shape index (κ1) is 20.3. The standard InChI is InChI=1S/C21H16O9/c22-14-6-12(20(26)27)8-17(19(14)25)30-21(28)13-7-15(23)18(24)16(9-13)29-10-11-4-2-1-3-5-11/h1-9,22-25H,10H2,(H,26,27). The first-order valence-corrected chi connectivity index (χ1v) is 8.50. The Balaban J connectivity index is 1.86. The van der Waals surface area contributed by atoms with Gasteiger partial charge in [0, 0.05) is 0 Å². The van der Waals surface area contributed by atoms with Gasteiger partial charge in [0.15, 0.2) is 23.0 Å². The van der Waals surface area contributed by atoms with Gasteiger partial charge in [-0.15, -0.1) is 0 Å². The summed E-state index contributed by atoms with van der Waals surface area (Å²) in [5, 5.41) is 48.4. The van der Waals surface area contributed by atoms with Gasteiger partial charge in [-0.1, -0.05) is 30.3 Å². The highest BCUT2D eigenvalue weighted by Gasteiger charge is 2.21. The van der Waals surface area contributed by atoms with Gasteiger partial charge in [0.05, 0.1) is 11.1 Å². The quantitative estimate of drug-likeness (QED) is 0.233. The molecule has 0 radical (unpaired) electrons. The van der Waals surface area contributed by atoms with Crippen LogP contribution >= 0.6 is 0 Å². The van der Waals surface area contributed by atoms with Crippen LogP contribution in [-0.4, -0.2) is 37.5 Å². The molecule has 5 N–H and O–H groups in total. The maximum absolute atomic E-state index is 12.4. The fourth-order valence-electron chi connectivity index (χ4n) is 2.51. The number of aromatic hydroxyl groups is 4. The van der Waals surface area contributed by atoms with E-state index in [1.807, 2.05) is 6.07 Å². The van der Waals surface area contributed by atoms with Gasteiger partial charge in [0.25, 0.3) is 0 Å². The first-order valence-electron chi connectivity index (χ1n) is 8.50. The Morgan fingerprint density at radius 3 is 1.97 bits per heavy atom. The van der Waals surface area contributed by atoms with Crippen LogP contribution < -0.4 is 9.47 Å². The van der Waals surface area contributed by atoms with E-state index in [2.05, 4.69) is 0 Å². The van der Waals surface area contributed by atoms with Gasteiger partial charge < -0.3 is 35.0 Å². The Labute approximate surface area is 169 Å². The number of phenols is 4. The van der Waals surface area contributed by atoms with E-state index in [0.717, 1.165) is 29.8 Å². The molecule has 0 amide bonds. The van der Waals surface area contributed by atoms with Crippen LogP contribution in [0.15, 0.2) is 54.6 Å². The summed E-state index contributed by atoms with van der Waals surface area (Å²) in [5.41, 5.74) is 0.0942. The second-order valence-corrected chi connectivity index (χ2v) is 6.15. The Hall–Kier alpha value is -4.40. The molecule has 9 nitrogen and oxygen atoms in total. The summed E-state index contributed by atoms with van der Waals surface area (Å²) in [7, 11) is 0. The van der Waals surface area contributed by atoms with Gasteiger partial charge in [-0.25, -0.2) is 9.59 Å². The van der Waals surface area contributed by atoms with Gasteiger partial charge in [-0.05, 0) is 29.8 Å². The van der Waals surface area contributed by atoms with E-state index >= 15 is 0 Å². The van der Waals surface area contributed by atoms with Gasteiger partial charge in [-0.3, -0.25) is 0 Å². The van der Waals surface area contributed by atoms with Crippen LogP contribution in [-0.2, 0) is 6.61 Å². The number of ether oxygens (including phenoxy) is 2. The molecule has 3 aromatic rings. The van der Waals surface area contributed by atoms with E-state index in [9.17, 15) is 30.0 Å². The number of rotatable bonds is 6. The van der Waals surface area contributed by atoms with Crippen LogP contribution in [0.5, 0.6) is 34.5 Å². The Bertz CT molecular complexity index is 1110. The third-order valence-electron chi connectivity index (χ3n) is 4.03. The molecule has 0 aliphatic heterocycles. The van der Waals surface area contributed by atoms with Crippen molar-refractivity contribution in [2.75, 3.05) is 0 Å². The Morgan fingerprint density at radius 1 is 0.767 bits per heavy atom. The molecule has 0 aliphatic carbocycles. The lowest BCUT2D eigenvalue weighted by atomic mass is 10.1. The van der Waals surface area contributed by atoms with E-state index in [4.69, 9.17) is 14.6 Å². The molecule has 0 unspecified atom stereocenters. The SMILES string of the molecule is O=C(O)c1cc(O)c(O)c(OC(=O)c2cc(O)c(O)c(OCc3ccccc3)c2)c1. The molecule has 3 rings (SSSR count). The molecule has 0 fully saturated rings. The molecule has 0 heterocycles. The van der Waals surface area contributed by atoms with Crippen molar-refractivity contribution in [1.82, 2.24) is 0 Å². The number of benzene rings is 3. The van der Waals surface area contributed by atoms with E-state index in [1.165, 1.54) is 0 Å². The molecule has 0 aliphatic rings. The van der Waals surface area contributed by atoms with E-state index in [0.29, 0.717) is 0 Å². The van der Waals surface area contributed by atoms with Gasteiger partial charge in [0.1, 0.15) is 6.61 Å². The zero-order valence-corrected chi connectivity index (χ0v) is 15.3. The fourth-order valence-corrected chi connectivity index (χ4v) is 2.51. The molecule has 0 aromatic heterocycles. The van der Waals surface area contributed by atoms with Crippen LogP contribution in [0, 0.1) is 0 Å². The summed E-state index contributed by atoms with van der Waals surface area (Å²) in [6, 6.07) is 12.6. The smallest absolute Gasteiger partial charge is 0.343 e. The van der Waals surface area contributed by atoms with E-state index in [1.54, 1.807) is 24.3 Å². The van der Waals surface area contributed by atoms with Gasteiger partial charge in [0.2, 0.25) is 11.5 Å². The number of aromatic carboxylic acids is 1. The summed E-state index contributed by atoms with van der Waals surface area (Å²) in [4.78, 5) is 23.5. The first-order chi connectivity index (χ1) is 14.3. The number of carbonyl (C=O) groups is 2. The summed E-state index contributed by atoms with van der Waals surface area (Å²) in [6.07, 6.45) is 0. The van der Waals surface area contributed by atoms with Crippen LogP contribution in [0.25, 0.3) is 0 Å². The Kier molecular flexibility index (Phi) is 5.63. The van der Waals surface area contributed by atoms with E-state index < -0.39 is 46.2 Å². The Morgan fingerprint density at radius 2 is 1.33 bits per heavy atom. The normalized spacial score (nSPS) is 10.4. The maximum atomic E-state index is 12.4. The summed E-state index contributed by atoms with van der Waals surface area (Å²) in [5.74, 6) is -6.19. The van der Waals surface area contributed by atoms with Crippen molar-refractivity contribution in [2.24, 2.45) is 0 Å². The topological polar surface area (TPSA) is 154 Å². The largest absolute Gasteiger partial charge is 0.504 e. The van der Waals surface area contributed by atoms with E-state index in [-0.39, 0.29) is 17.9 Å². The predicted octanol–water partition coefficient (Wildman–Crippen LogP) is 3.01. The predicted molar refractivity (Wildman–Crippen MR) is 102 cm³/mol. The van der Waals surface area contributed by atoms with Crippen LogP contribution in [0.2, 0.25) is 0 Å². The van der Waals surface area contributed by atoms with Crippen molar-refractivity contribution in [3.63, 3.8) is 0 Å².